The SMILES string of the molecule is COc1cc(Br)ccc1CNc1cccc(F)n1. The minimum Gasteiger partial charge on any atom is -0.496 e. The number of hydrogen-bond acceptors (Lipinski definition) is 3. The standard InChI is InChI=1S/C13H12BrFN2O/c1-18-11-7-10(14)6-5-9(11)8-16-13-4-2-3-12(15)17-13/h2-7H,8H2,1H3,(H,16,17). The first-order valence-electron chi connectivity index (χ1n) is 5.38. The van der Waals surface area contributed by atoms with Crippen molar-refractivity contribution in [2.24, 2.45) is 0 Å². The fourth-order valence-electron chi connectivity index (χ4n) is 1.56. The maximum Gasteiger partial charge on any atom is 0.214 e. The summed E-state index contributed by atoms with van der Waals surface area (Å²) < 4.78 is 19.1. The summed E-state index contributed by atoms with van der Waals surface area (Å²) in [6.07, 6.45) is 0. The molecule has 0 unspecified atom stereocenters. The normalized spacial score (nSPS) is 10.2. The zero-order chi connectivity index (χ0) is 13.0. The molecule has 0 fully saturated rings. The number of rotatable bonds is 4. The molecular weight excluding hydrogens is 299 g/mol. The Morgan fingerprint density at radius 2 is 2.17 bits per heavy atom. The van der Waals surface area contributed by atoms with Crippen LogP contribution in [-0.4, -0.2) is 12.1 Å². The third kappa shape index (κ3) is 3.20. The number of aromatic nitrogens is 1. The van der Waals surface area contributed by atoms with Crippen molar-refractivity contribution in [1.82, 2.24) is 4.98 Å². The van der Waals surface area contributed by atoms with Crippen LogP contribution < -0.4 is 10.1 Å². The van der Waals surface area contributed by atoms with Crippen molar-refractivity contribution in [2.45, 2.75) is 6.54 Å². The van der Waals surface area contributed by atoms with Gasteiger partial charge in [0.2, 0.25) is 5.95 Å². The highest BCUT2D eigenvalue weighted by molar-refractivity contribution is 9.10. The molecule has 0 bridgehead atoms. The molecule has 0 radical (unpaired) electrons. The molecule has 2 aromatic rings. The van der Waals surface area contributed by atoms with Gasteiger partial charge in [-0.15, -0.1) is 0 Å². The Kier molecular flexibility index (Phi) is 4.15. The number of pyridine rings is 1. The summed E-state index contributed by atoms with van der Waals surface area (Å²) in [5.41, 5.74) is 0.978. The molecule has 5 heteroatoms. The molecule has 0 aliphatic heterocycles. The van der Waals surface area contributed by atoms with Gasteiger partial charge in [-0.05, 0) is 24.3 Å². The summed E-state index contributed by atoms with van der Waals surface area (Å²) in [6.45, 7) is 0.521. The highest BCUT2D eigenvalue weighted by atomic mass is 79.9. The zero-order valence-corrected chi connectivity index (χ0v) is 11.4. The molecule has 1 aromatic heterocycles. The number of hydrogen-bond donors (Lipinski definition) is 1. The van der Waals surface area contributed by atoms with E-state index in [0.29, 0.717) is 12.4 Å². The highest BCUT2D eigenvalue weighted by Crippen LogP contribution is 2.24. The Balaban J connectivity index is 2.10. The number of ether oxygens (including phenoxy) is 1. The monoisotopic (exact) mass is 310 g/mol. The fraction of sp³-hybridized carbons (Fsp3) is 0.154. The van der Waals surface area contributed by atoms with Gasteiger partial charge in [-0.1, -0.05) is 28.1 Å². The Labute approximate surface area is 113 Å². The van der Waals surface area contributed by atoms with Crippen LogP contribution in [0.1, 0.15) is 5.56 Å². The molecule has 0 saturated carbocycles. The van der Waals surface area contributed by atoms with Crippen LogP contribution in [0.3, 0.4) is 0 Å². The van der Waals surface area contributed by atoms with Crippen molar-refractivity contribution < 1.29 is 9.13 Å². The van der Waals surface area contributed by atoms with Gasteiger partial charge in [-0.25, -0.2) is 4.98 Å². The van der Waals surface area contributed by atoms with Crippen LogP contribution in [0.15, 0.2) is 40.9 Å². The molecule has 0 saturated heterocycles. The van der Waals surface area contributed by atoms with Crippen LogP contribution in [0.5, 0.6) is 5.75 Å². The molecule has 1 heterocycles. The first kappa shape index (κ1) is 12.8. The first-order chi connectivity index (χ1) is 8.69. The average Bonchev–Trinajstić information content (AvgIpc) is 2.37. The minimum atomic E-state index is -0.497. The van der Waals surface area contributed by atoms with Gasteiger partial charge in [0, 0.05) is 16.6 Å². The van der Waals surface area contributed by atoms with Gasteiger partial charge in [0.15, 0.2) is 0 Å². The van der Waals surface area contributed by atoms with Crippen molar-refractivity contribution in [3.63, 3.8) is 0 Å². The Bertz CT molecular complexity index is 548. The maximum atomic E-state index is 12.9. The van der Waals surface area contributed by atoms with E-state index >= 15 is 0 Å². The van der Waals surface area contributed by atoms with E-state index in [0.717, 1.165) is 15.8 Å². The van der Waals surface area contributed by atoms with E-state index in [-0.39, 0.29) is 0 Å². The molecule has 0 atom stereocenters. The fourth-order valence-corrected chi connectivity index (χ4v) is 1.90. The second kappa shape index (κ2) is 5.82. The number of nitrogens with zero attached hydrogens (tertiary/aromatic N) is 1. The third-order valence-corrected chi connectivity index (χ3v) is 2.92. The number of anilines is 1. The van der Waals surface area contributed by atoms with E-state index in [1.807, 2.05) is 18.2 Å². The Hall–Kier alpha value is -1.62. The van der Waals surface area contributed by atoms with Crippen LogP contribution >= 0.6 is 15.9 Å². The number of nitrogens with one attached hydrogen (secondary N) is 1. The van der Waals surface area contributed by atoms with Crippen LogP contribution in [-0.2, 0) is 6.54 Å². The average molecular weight is 311 g/mol. The molecule has 1 N–H and O–H groups in total. The van der Waals surface area contributed by atoms with E-state index in [1.54, 1.807) is 19.2 Å². The minimum absolute atomic E-state index is 0.497. The molecule has 94 valence electrons. The molecule has 1 aromatic carbocycles. The van der Waals surface area contributed by atoms with E-state index in [1.165, 1.54) is 6.07 Å². The van der Waals surface area contributed by atoms with E-state index in [4.69, 9.17) is 4.74 Å². The first-order valence-corrected chi connectivity index (χ1v) is 6.17. The summed E-state index contributed by atoms with van der Waals surface area (Å²) in [6, 6.07) is 10.4. The number of methoxy groups -OCH3 is 1. The van der Waals surface area contributed by atoms with Gasteiger partial charge in [0.25, 0.3) is 0 Å². The molecule has 2 rings (SSSR count). The van der Waals surface area contributed by atoms with Crippen LogP contribution in [0, 0.1) is 5.95 Å². The lowest BCUT2D eigenvalue weighted by Gasteiger charge is -2.10. The maximum absolute atomic E-state index is 12.9. The zero-order valence-electron chi connectivity index (χ0n) is 9.78. The molecule has 0 spiro atoms. The smallest absolute Gasteiger partial charge is 0.214 e. The van der Waals surface area contributed by atoms with Crippen molar-refractivity contribution in [3.8, 4) is 5.75 Å². The lowest BCUT2D eigenvalue weighted by molar-refractivity contribution is 0.410. The van der Waals surface area contributed by atoms with Crippen molar-refractivity contribution in [3.05, 3.63) is 52.4 Å². The summed E-state index contributed by atoms with van der Waals surface area (Å²) in [7, 11) is 1.62. The summed E-state index contributed by atoms with van der Waals surface area (Å²) >= 11 is 3.38. The van der Waals surface area contributed by atoms with Gasteiger partial charge < -0.3 is 10.1 Å². The van der Waals surface area contributed by atoms with Crippen LogP contribution in [0.25, 0.3) is 0 Å². The third-order valence-electron chi connectivity index (χ3n) is 2.42. The van der Waals surface area contributed by atoms with Crippen molar-refractivity contribution in [2.75, 3.05) is 12.4 Å². The van der Waals surface area contributed by atoms with Crippen LogP contribution in [0.4, 0.5) is 10.2 Å². The molecule has 3 nitrogen and oxygen atoms in total. The van der Waals surface area contributed by atoms with E-state index in [9.17, 15) is 4.39 Å². The molecule has 18 heavy (non-hydrogen) atoms. The lowest BCUT2D eigenvalue weighted by Crippen LogP contribution is -2.03. The predicted molar refractivity (Wildman–Crippen MR) is 72.2 cm³/mol. The lowest BCUT2D eigenvalue weighted by atomic mass is 10.2. The number of halogens is 2. The van der Waals surface area contributed by atoms with Gasteiger partial charge in [-0.2, -0.15) is 4.39 Å². The van der Waals surface area contributed by atoms with Gasteiger partial charge in [-0.3, -0.25) is 0 Å². The topological polar surface area (TPSA) is 34.1 Å². The van der Waals surface area contributed by atoms with E-state index in [2.05, 4.69) is 26.2 Å². The van der Waals surface area contributed by atoms with Gasteiger partial charge in [0.1, 0.15) is 11.6 Å². The predicted octanol–water partition coefficient (Wildman–Crippen LogP) is 3.60. The summed E-state index contributed by atoms with van der Waals surface area (Å²) in [4.78, 5) is 3.73. The second-order valence-corrected chi connectivity index (χ2v) is 4.57. The van der Waals surface area contributed by atoms with Crippen molar-refractivity contribution >= 4 is 21.7 Å². The van der Waals surface area contributed by atoms with Crippen LogP contribution in [0.2, 0.25) is 0 Å². The molecular formula is C13H12BrFN2O. The van der Waals surface area contributed by atoms with E-state index < -0.39 is 5.95 Å². The summed E-state index contributed by atoms with van der Waals surface area (Å²) in [5, 5.41) is 3.05. The Morgan fingerprint density at radius 1 is 1.33 bits per heavy atom. The van der Waals surface area contributed by atoms with Gasteiger partial charge in [0.05, 0.1) is 7.11 Å². The van der Waals surface area contributed by atoms with Gasteiger partial charge >= 0.3 is 0 Å². The highest BCUT2D eigenvalue weighted by Gasteiger charge is 2.04. The second-order valence-electron chi connectivity index (χ2n) is 3.66. The van der Waals surface area contributed by atoms with Crippen molar-refractivity contribution in [1.29, 1.82) is 0 Å². The Morgan fingerprint density at radius 3 is 2.89 bits per heavy atom. The molecule has 0 aliphatic carbocycles. The number of benzene rings is 1. The molecule has 0 amide bonds. The largest absolute Gasteiger partial charge is 0.496 e. The molecule has 0 aliphatic rings. The quantitative estimate of drug-likeness (QED) is 0.876. The summed E-state index contributed by atoms with van der Waals surface area (Å²) in [5.74, 6) is 0.774.